The molecule has 0 aliphatic carbocycles. The molecule has 5 aromatic rings. The first-order valence-corrected chi connectivity index (χ1v) is 11.2. The van der Waals surface area contributed by atoms with E-state index in [-0.39, 0.29) is 5.56 Å². The molecule has 0 atom stereocenters. The van der Waals surface area contributed by atoms with Crippen LogP contribution in [0, 0.1) is 17.1 Å². The molecule has 3 aromatic heterocycles. The van der Waals surface area contributed by atoms with Crippen molar-refractivity contribution < 1.29 is 4.39 Å². The minimum absolute atomic E-state index is 0.0310. The van der Waals surface area contributed by atoms with E-state index in [2.05, 4.69) is 47.0 Å². The van der Waals surface area contributed by atoms with Crippen LogP contribution in [-0.2, 0) is 13.6 Å². The summed E-state index contributed by atoms with van der Waals surface area (Å²) >= 11 is 0. The first kappa shape index (κ1) is 21.8. The largest absolute Gasteiger partial charge is 0.346 e. The van der Waals surface area contributed by atoms with Crippen molar-refractivity contribution in [2.45, 2.75) is 13.0 Å². The molecular formula is C27H25FN6. The molecule has 0 aliphatic rings. The van der Waals surface area contributed by atoms with Crippen LogP contribution in [0.4, 0.5) is 4.39 Å². The van der Waals surface area contributed by atoms with Crippen LogP contribution in [0.3, 0.4) is 0 Å². The molecule has 7 heteroatoms. The number of aryl methyl sites for hydroxylation is 2. The summed E-state index contributed by atoms with van der Waals surface area (Å²) in [5.41, 5.74) is 5.32. The fraction of sp³-hybridized carbons (Fsp3) is 0.222. The molecule has 170 valence electrons. The predicted molar refractivity (Wildman–Crippen MR) is 133 cm³/mol. The normalized spacial score (nSPS) is 11.5. The van der Waals surface area contributed by atoms with Crippen molar-refractivity contribution >= 4 is 21.8 Å². The van der Waals surface area contributed by atoms with Gasteiger partial charge in [0.15, 0.2) is 0 Å². The van der Waals surface area contributed by atoms with E-state index >= 15 is 0 Å². The van der Waals surface area contributed by atoms with Crippen molar-refractivity contribution in [3.05, 3.63) is 72.4 Å². The van der Waals surface area contributed by atoms with Crippen molar-refractivity contribution in [3.8, 4) is 28.5 Å². The lowest BCUT2D eigenvalue weighted by atomic mass is 9.95. The maximum absolute atomic E-state index is 14.7. The van der Waals surface area contributed by atoms with E-state index in [1.165, 1.54) is 12.1 Å². The maximum Gasteiger partial charge on any atom is 0.141 e. The number of hydrogen-bond donors (Lipinski definition) is 0. The number of fused-ring (bicyclic) bond motifs is 2. The Hall–Kier alpha value is -4.02. The molecule has 0 aliphatic heterocycles. The van der Waals surface area contributed by atoms with Gasteiger partial charge in [-0.3, -0.25) is 9.67 Å². The molecule has 3 heterocycles. The minimum atomic E-state index is -0.531. The standard InChI is InChI=1S/C27H25FN6/c1-32(2)10-4-11-34-12-9-22-25(34)17-30-27(19-7-8-24-21(13-19)16-31-33(24)3)26(22)18-5-6-20(15-29)23(28)14-18/h5-9,12-14,16-17H,4,10-11H2,1-3H3. The Balaban J connectivity index is 1.70. The Kier molecular flexibility index (Phi) is 5.60. The van der Waals surface area contributed by atoms with Crippen LogP contribution in [0.15, 0.2) is 61.1 Å². The Morgan fingerprint density at radius 1 is 1.03 bits per heavy atom. The average molecular weight is 453 g/mol. The second-order valence-electron chi connectivity index (χ2n) is 8.79. The van der Waals surface area contributed by atoms with Crippen molar-refractivity contribution in [2.24, 2.45) is 7.05 Å². The number of hydrogen-bond acceptors (Lipinski definition) is 4. The van der Waals surface area contributed by atoms with E-state index < -0.39 is 5.82 Å². The van der Waals surface area contributed by atoms with Gasteiger partial charge in [-0.05, 0) is 63.0 Å². The van der Waals surface area contributed by atoms with Gasteiger partial charge in [0.25, 0.3) is 0 Å². The van der Waals surface area contributed by atoms with E-state index in [1.807, 2.05) is 42.3 Å². The highest BCUT2D eigenvalue weighted by atomic mass is 19.1. The van der Waals surface area contributed by atoms with E-state index in [0.29, 0.717) is 5.56 Å². The van der Waals surface area contributed by atoms with Crippen molar-refractivity contribution in [2.75, 3.05) is 20.6 Å². The van der Waals surface area contributed by atoms with Crippen molar-refractivity contribution in [1.29, 1.82) is 5.26 Å². The van der Waals surface area contributed by atoms with Crippen LogP contribution >= 0.6 is 0 Å². The van der Waals surface area contributed by atoms with Crippen molar-refractivity contribution in [3.63, 3.8) is 0 Å². The summed E-state index contributed by atoms with van der Waals surface area (Å²) in [6, 6.07) is 14.9. The SMILES string of the molecule is CN(C)CCCn1ccc2c(-c3ccc(C#N)c(F)c3)c(-c3ccc4c(cnn4C)c3)ncc21. The fourth-order valence-electron chi connectivity index (χ4n) is 4.49. The number of rotatable bonds is 6. The van der Waals surface area contributed by atoms with Gasteiger partial charge in [0, 0.05) is 41.7 Å². The zero-order valence-electron chi connectivity index (χ0n) is 19.5. The summed E-state index contributed by atoms with van der Waals surface area (Å²) in [7, 11) is 6.05. The number of benzene rings is 2. The van der Waals surface area contributed by atoms with Crippen LogP contribution in [0.2, 0.25) is 0 Å². The molecule has 6 nitrogen and oxygen atoms in total. The highest BCUT2D eigenvalue weighted by molar-refractivity contribution is 6.02. The number of nitrogens with zero attached hydrogens (tertiary/aromatic N) is 6. The summed E-state index contributed by atoms with van der Waals surface area (Å²) in [5.74, 6) is -0.531. The van der Waals surface area contributed by atoms with Crippen LogP contribution in [0.1, 0.15) is 12.0 Å². The second kappa shape index (κ2) is 8.73. The zero-order chi connectivity index (χ0) is 23.8. The fourth-order valence-corrected chi connectivity index (χ4v) is 4.49. The molecule has 0 amide bonds. The van der Waals surface area contributed by atoms with E-state index in [4.69, 9.17) is 4.98 Å². The molecule has 0 N–H and O–H groups in total. The third-order valence-electron chi connectivity index (χ3n) is 6.23. The quantitative estimate of drug-likeness (QED) is 0.354. The molecule has 2 aromatic carbocycles. The Labute approximate surface area is 197 Å². The van der Waals surface area contributed by atoms with Gasteiger partial charge < -0.3 is 9.47 Å². The average Bonchev–Trinajstić information content (AvgIpc) is 3.41. The van der Waals surface area contributed by atoms with Crippen LogP contribution in [-0.4, -0.2) is 44.9 Å². The molecule has 0 saturated heterocycles. The zero-order valence-corrected chi connectivity index (χ0v) is 19.5. The summed E-state index contributed by atoms with van der Waals surface area (Å²) < 4.78 is 18.7. The molecule has 0 unspecified atom stereocenters. The van der Waals surface area contributed by atoms with Gasteiger partial charge in [-0.1, -0.05) is 12.1 Å². The van der Waals surface area contributed by atoms with E-state index in [9.17, 15) is 9.65 Å². The third-order valence-corrected chi connectivity index (χ3v) is 6.23. The lowest BCUT2D eigenvalue weighted by Crippen LogP contribution is -2.14. The van der Waals surface area contributed by atoms with Crippen LogP contribution < -0.4 is 0 Å². The number of aromatic nitrogens is 4. The predicted octanol–water partition coefficient (Wildman–Crippen LogP) is 5.22. The highest BCUT2D eigenvalue weighted by Crippen LogP contribution is 2.38. The van der Waals surface area contributed by atoms with Crippen molar-refractivity contribution in [1.82, 2.24) is 24.2 Å². The van der Waals surface area contributed by atoms with Gasteiger partial charge in [0.1, 0.15) is 11.9 Å². The smallest absolute Gasteiger partial charge is 0.141 e. The van der Waals surface area contributed by atoms with Gasteiger partial charge in [0.05, 0.1) is 34.7 Å². The summed E-state index contributed by atoms with van der Waals surface area (Å²) in [5, 5.41) is 15.6. The van der Waals surface area contributed by atoms with Gasteiger partial charge >= 0.3 is 0 Å². The van der Waals surface area contributed by atoms with Crippen LogP contribution in [0.25, 0.3) is 44.2 Å². The molecule has 5 rings (SSSR count). The maximum atomic E-state index is 14.7. The summed E-state index contributed by atoms with van der Waals surface area (Å²) in [6.45, 7) is 1.86. The molecule has 0 radical (unpaired) electrons. The van der Waals surface area contributed by atoms with Crippen LogP contribution in [0.5, 0.6) is 0 Å². The monoisotopic (exact) mass is 452 g/mol. The highest BCUT2D eigenvalue weighted by Gasteiger charge is 2.18. The number of pyridine rings is 1. The lowest BCUT2D eigenvalue weighted by molar-refractivity contribution is 0.388. The Morgan fingerprint density at radius 3 is 2.62 bits per heavy atom. The van der Waals surface area contributed by atoms with Gasteiger partial charge in [-0.15, -0.1) is 0 Å². The molecule has 0 spiro atoms. The third kappa shape index (κ3) is 3.82. The number of nitriles is 1. The molecular weight excluding hydrogens is 427 g/mol. The topological polar surface area (TPSA) is 62.7 Å². The molecule has 0 fully saturated rings. The first-order valence-electron chi connectivity index (χ1n) is 11.2. The Morgan fingerprint density at radius 2 is 1.85 bits per heavy atom. The molecule has 34 heavy (non-hydrogen) atoms. The van der Waals surface area contributed by atoms with E-state index in [0.717, 1.165) is 58.1 Å². The molecule has 0 bridgehead atoms. The summed E-state index contributed by atoms with van der Waals surface area (Å²) in [6.07, 6.45) is 6.81. The minimum Gasteiger partial charge on any atom is -0.346 e. The summed E-state index contributed by atoms with van der Waals surface area (Å²) in [4.78, 5) is 7.04. The first-order chi connectivity index (χ1) is 16.5. The Bertz CT molecular complexity index is 1550. The number of halogens is 1. The van der Waals surface area contributed by atoms with E-state index in [1.54, 1.807) is 6.07 Å². The second-order valence-corrected chi connectivity index (χ2v) is 8.79. The van der Waals surface area contributed by atoms with Gasteiger partial charge in [-0.25, -0.2) is 4.39 Å². The lowest BCUT2D eigenvalue weighted by Gasteiger charge is -2.14. The molecule has 0 saturated carbocycles. The van der Waals surface area contributed by atoms with Gasteiger partial charge in [-0.2, -0.15) is 10.4 Å². The van der Waals surface area contributed by atoms with Gasteiger partial charge in [0.2, 0.25) is 0 Å².